The van der Waals surface area contributed by atoms with E-state index >= 15 is 0 Å². The molecule has 0 unspecified atom stereocenters. The van der Waals surface area contributed by atoms with Gasteiger partial charge in [-0.3, -0.25) is 0 Å². The Labute approximate surface area is 91.3 Å². The summed E-state index contributed by atoms with van der Waals surface area (Å²) in [5, 5.41) is 3.07. The molecule has 1 heterocycles. The molecule has 0 saturated heterocycles. The van der Waals surface area contributed by atoms with Crippen LogP contribution in [0, 0.1) is 0 Å². The number of rotatable bonds is 6. The normalized spacial score (nSPS) is 10.7. The zero-order chi connectivity index (χ0) is 11.1. The van der Waals surface area contributed by atoms with Crippen molar-refractivity contribution >= 4 is 0 Å². The molecule has 0 aliphatic carbocycles. The van der Waals surface area contributed by atoms with E-state index in [9.17, 15) is 0 Å². The second kappa shape index (κ2) is 6.37. The average molecular weight is 209 g/mol. The number of ether oxygens (including phenoxy) is 1. The van der Waals surface area contributed by atoms with E-state index in [0.717, 1.165) is 18.7 Å². The van der Waals surface area contributed by atoms with Gasteiger partial charge in [0.25, 0.3) is 0 Å². The minimum absolute atomic E-state index is 0.672. The molecule has 0 radical (unpaired) electrons. The fourth-order valence-corrected chi connectivity index (χ4v) is 1.14. The van der Waals surface area contributed by atoms with Crippen molar-refractivity contribution in [1.82, 2.24) is 15.2 Å². The van der Waals surface area contributed by atoms with Crippen molar-refractivity contribution in [3.05, 3.63) is 23.9 Å². The van der Waals surface area contributed by atoms with Crippen LogP contribution < -0.4 is 10.1 Å². The smallest absolute Gasteiger partial charge is 0.213 e. The van der Waals surface area contributed by atoms with Gasteiger partial charge >= 0.3 is 0 Å². The van der Waals surface area contributed by atoms with E-state index in [1.807, 2.05) is 39.5 Å². The lowest BCUT2D eigenvalue weighted by atomic mass is 10.3. The van der Waals surface area contributed by atoms with Gasteiger partial charge in [0.2, 0.25) is 5.88 Å². The van der Waals surface area contributed by atoms with E-state index in [4.69, 9.17) is 4.74 Å². The van der Waals surface area contributed by atoms with Crippen LogP contribution in [0.1, 0.15) is 5.56 Å². The van der Waals surface area contributed by atoms with Crippen molar-refractivity contribution in [2.75, 3.05) is 34.3 Å². The molecule has 4 nitrogen and oxygen atoms in total. The minimum Gasteiger partial charge on any atom is -0.476 e. The highest BCUT2D eigenvalue weighted by Crippen LogP contribution is 2.07. The summed E-state index contributed by atoms with van der Waals surface area (Å²) in [4.78, 5) is 6.29. The highest BCUT2D eigenvalue weighted by atomic mass is 16.5. The van der Waals surface area contributed by atoms with E-state index < -0.39 is 0 Å². The maximum Gasteiger partial charge on any atom is 0.213 e. The molecule has 0 aliphatic heterocycles. The summed E-state index contributed by atoms with van der Waals surface area (Å²) >= 11 is 0. The van der Waals surface area contributed by atoms with E-state index in [2.05, 4.69) is 15.2 Å². The number of nitrogens with one attached hydrogen (secondary N) is 1. The molecule has 0 aromatic carbocycles. The third-order valence-electron chi connectivity index (χ3n) is 1.97. The van der Waals surface area contributed by atoms with Crippen LogP contribution in [-0.2, 0) is 6.54 Å². The molecule has 1 aromatic rings. The highest BCUT2D eigenvalue weighted by Gasteiger charge is 1.96. The standard InChI is InChI=1S/C11H19N3O/c1-12-8-10-4-5-11(13-9-10)15-7-6-14(2)3/h4-5,9,12H,6-8H2,1-3H3. The van der Waals surface area contributed by atoms with Crippen LogP contribution in [0.5, 0.6) is 5.88 Å². The Morgan fingerprint density at radius 1 is 1.40 bits per heavy atom. The molecule has 1 rings (SSSR count). The number of hydrogen-bond acceptors (Lipinski definition) is 4. The number of nitrogens with zero attached hydrogens (tertiary/aromatic N) is 2. The minimum atomic E-state index is 0.672. The molecule has 0 spiro atoms. The summed E-state index contributed by atoms with van der Waals surface area (Å²) in [6.45, 7) is 2.41. The van der Waals surface area contributed by atoms with Gasteiger partial charge in [0, 0.05) is 25.4 Å². The van der Waals surface area contributed by atoms with Gasteiger partial charge < -0.3 is 15.0 Å². The van der Waals surface area contributed by atoms with E-state index in [-0.39, 0.29) is 0 Å². The van der Waals surface area contributed by atoms with Gasteiger partial charge in [0.05, 0.1) is 0 Å². The molecule has 0 atom stereocenters. The van der Waals surface area contributed by atoms with Crippen molar-refractivity contribution in [3.8, 4) is 5.88 Å². The zero-order valence-corrected chi connectivity index (χ0v) is 9.66. The molecule has 0 amide bonds. The molecular formula is C11H19N3O. The summed E-state index contributed by atoms with van der Waals surface area (Å²) in [5.41, 5.74) is 1.16. The largest absolute Gasteiger partial charge is 0.476 e. The first-order valence-electron chi connectivity index (χ1n) is 5.09. The summed E-state index contributed by atoms with van der Waals surface area (Å²) in [5.74, 6) is 0.691. The summed E-state index contributed by atoms with van der Waals surface area (Å²) in [6, 6.07) is 3.93. The van der Waals surface area contributed by atoms with Gasteiger partial charge in [-0.2, -0.15) is 0 Å². The lowest BCUT2D eigenvalue weighted by molar-refractivity contribution is 0.254. The van der Waals surface area contributed by atoms with Gasteiger partial charge in [-0.25, -0.2) is 4.98 Å². The third-order valence-corrected chi connectivity index (χ3v) is 1.97. The van der Waals surface area contributed by atoms with Crippen LogP contribution in [0.2, 0.25) is 0 Å². The highest BCUT2D eigenvalue weighted by molar-refractivity contribution is 5.17. The van der Waals surface area contributed by atoms with Gasteiger partial charge in [-0.15, -0.1) is 0 Å². The second-order valence-corrected chi connectivity index (χ2v) is 3.69. The first-order chi connectivity index (χ1) is 7.22. The summed E-state index contributed by atoms with van der Waals surface area (Å²) in [6.07, 6.45) is 1.83. The van der Waals surface area contributed by atoms with Crippen LogP contribution in [0.3, 0.4) is 0 Å². The Morgan fingerprint density at radius 2 is 2.20 bits per heavy atom. The molecule has 0 fully saturated rings. The van der Waals surface area contributed by atoms with Gasteiger partial charge in [-0.05, 0) is 26.7 Å². The third kappa shape index (κ3) is 4.76. The zero-order valence-electron chi connectivity index (χ0n) is 9.66. The second-order valence-electron chi connectivity index (χ2n) is 3.69. The number of likely N-dealkylation sites (N-methyl/N-ethyl adjacent to an activating group) is 1. The van der Waals surface area contributed by atoms with Crippen molar-refractivity contribution < 1.29 is 4.74 Å². The lowest BCUT2D eigenvalue weighted by Gasteiger charge is -2.10. The Kier molecular flexibility index (Phi) is 5.07. The van der Waals surface area contributed by atoms with Gasteiger partial charge in [0.15, 0.2) is 0 Å². The maximum absolute atomic E-state index is 5.48. The van der Waals surface area contributed by atoms with Crippen LogP contribution in [-0.4, -0.2) is 44.2 Å². The topological polar surface area (TPSA) is 37.4 Å². The fourth-order valence-electron chi connectivity index (χ4n) is 1.14. The van der Waals surface area contributed by atoms with Crippen LogP contribution in [0.25, 0.3) is 0 Å². The Hall–Kier alpha value is -1.13. The fraction of sp³-hybridized carbons (Fsp3) is 0.545. The van der Waals surface area contributed by atoms with Crippen molar-refractivity contribution in [3.63, 3.8) is 0 Å². The van der Waals surface area contributed by atoms with Crippen molar-refractivity contribution in [1.29, 1.82) is 0 Å². The maximum atomic E-state index is 5.48. The molecule has 0 aliphatic rings. The molecule has 15 heavy (non-hydrogen) atoms. The molecule has 0 bridgehead atoms. The quantitative estimate of drug-likeness (QED) is 0.750. The molecule has 1 aromatic heterocycles. The number of aromatic nitrogens is 1. The predicted octanol–water partition coefficient (Wildman–Crippen LogP) is 0.741. The Morgan fingerprint density at radius 3 is 2.73 bits per heavy atom. The molecular weight excluding hydrogens is 190 g/mol. The van der Waals surface area contributed by atoms with E-state index in [1.54, 1.807) is 0 Å². The summed E-state index contributed by atoms with van der Waals surface area (Å²) in [7, 11) is 5.96. The van der Waals surface area contributed by atoms with Crippen LogP contribution in [0.15, 0.2) is 18.3 Å². The van der Waals surface area contributed by atoms with Crippen molar-refractivity contribution in [2.45, 2.75) is 6.54 Å². The van der Waals surface area contributed by atoms with Gasteiger partial charge in [0.1, 0.15) is 6.61 Å². The average Bonchev–Trinajstić information content (AvgIpc) is 2.20. The van der Waals surface area contributed by atoms with Crippen LogP contribution in [0.4, 0.5) is 0 Å². The molecule has 1 N–H and O–H groups in total. The van der Waals surface area contributed by atoms with E-state index in [0.29, 0.717) is 12.5 Å². The van der Waals surface area contributed by atoms with Crippen LogP contribution >= 0.6 is 0 Å². The van der Waals surface area contributed by atoms with Gasteiger partial charge in [-0.1, -0.05) is 6.07 Å². The molecule has 84 valence electrons. The van der Waals surface area contributed by atoms with E-state index in [1.165, 1.54) is 0 Å². The SMILES string of the molecule is CNCc1ccc(OCCN(C)C)nc1. The number of pyridine rings is 1. The first-order valence-corrected chi connectivity index (χ1v) is 5.09. The first kappa shape index (κ1) is 11.9. The lowest BCUT2D eigenvalue weighted by Crippen LogP contribution is -2.19. The predicted molar refractivity (Wildman–Crippen MR) is 61.0 cm³/mol. The Bertz CT molecular complexity index is 272. The summed E-state index contributed by atoms with van der Waals surface area (Å²) < 4.78 is 5.48. The Balaban J connectivity index is 2.36. The monoisotopic (exact) mass is 209 g/mol. The molecule has 4 heteroatoms. The molecule has 0 saturated carbocycles. The number of hydrogen-bond donors (Lipinski definition) is 1. The van der Waals surface area contributed by atoms with Crippen molar-refractivity contribution in [2.24, 2.45) is 0 Å².